The largest absolute Gasteiger partial charge is 0.374 e. The van der Waals surface area contributed by atoms with Crippen LogP contribution in [0.2, 0.25) is 0 Å². The molecule has 2 heteroatoms. The van der Waals surface area contributed by atoms with Crippen LogP contribution in [-0.2, 0) is 4.74 Å². The number of ether oxygens (including phenoxy) is 1. The Hall–Kier alpha value is -1.28. The highest BCUT2D eigenvalue weighted by Crippen LogP contribution is 2.23. The van der Waals surface area contributed by atoms with Gasteiger partial charge in [0.05, 0.1) is 6.10 Å². The van der Waals surface area contributed by atoms with E-state index in [1.807, 2.05) is 6.92 Å². The second kappa shape index (κ2) is 7.13. The molecule has 1 aromatic carbocycles. The van der Waals surface area contributed by atoms with Crippen molar-refractivity contribution < 1.29 is 4.74 Å². The van der Waals surface area contributed by atoms with E-state index in [2.05, 4.69) is 50.0 Å². The smallest absolute Gasteiger partial charge is 0.0822 e. The molecule has 0 saturated carbocycles. The van der Waals surface area contributed by atoms with E-state index < -0.39 is 0 Å². The Balaban J connectivity index is 2.67. The van der Waals surface area contributed by atoms with E-state index in [-0.39, 0.29) is 6.10 Å². The summed E-state index contributed by atoms with van der Waals surface area (Å²) in [5.41, 5.74) is 3.27. The quantitative estimate of drug-likeness (QED) is 0.748. The molecule has 0 fully saturated rings. The van der Waals surface area contributed by atoms with Gasteiger partial charge in [0.25, 0.3) is 0 Å². The van der Waals surface area contributed by atoms with Crippen LogP contribution in [0.1, 0.15) is 45.3 Å². The number of rotatable bonds is 7. The van der Waals surface area contributed by atoms with Crippen molar-refractivity contribution in [3.63, 3.8) is 0 Å². The van der Waals surface area contributed by atoms with Crippen molar-refractivity contribution in [2.45, 2.75) is 39.7 Å². The van der Waals surface area contributed by atoms with Gasteiger partial charge in [0.2, 0.25) is 0 Å². The highest BCUT2D eigenvalue weighted by Gasteiger charge is 2.08. The molecule has 1 atom stereocenters. The Labute approximate surface area is 105 Å². The molecule has 0 radical (unpaired) electrons. The molecule has 0 spiro atoms. The van der Waals surface area contributed by atoms with Gasteiger partial charge in [0, 0.05) is 18.0 Å². The molecule has 1 rings (SSSR count). The lowest BCUT2D eigenvalue weighted by Gasteiger charge is -2.16. The van der Waals surface area contributed by atoms with Gasteiger partial charge < -0.3 is 10.1 Å². The van der Waals surface area contributed by atoms with Crippen LogP contribution in [0, 0.1) is 0 Å². The highest BCUT2D eigenvalue weighted by atomic mass is 16.5. The normalized spacial score (nSPS) is 12.2. The van der Waals surface area contributed by atoms with Crippen LogP contribution in [0.5, 0.6) is 0 Å². The second-order valence-corrected chi connectivity index (χ2v) is 4.30. The average molecular weight is 233 g/mol. The molecule has 17 heavy (non-hydrogen) atoms. The van der Waals surface area contributed by atoms with E-state index >= 15 is 0 Å². The predicted octanol–water partition coefficient (Wildman–Crippen LogP) is 4.51. The Morgan fingerprint density at radius 1 is 1.29 bits per heavy atom. The zero-order valence-corrected chi connectivity index (χ0v) is 11.1. The summed E-state index contributed by atoms with van der Waals surface area (Å²) in [5, 5.41) is 3.20. The van der Waals surface area contributed by atoms with Crippen molar-refractivity contribution in [1.29, 1.82) is 0 Å². The zero-order chi connectivity index (χ0) is 12.7. The van der Waals surface area contributed by atoms with Gasteiger partial charge in [-0.1, -0.05) is 32.6 Å². The lowest BCUT2D eigenvalue weighted by atomic mass is 10.1. The van der Waals surface area contributed by atoms with Gasteiger partial charge >= 0.3 is 0 Å². The summed E-state index contributed by atoms with van der Waals surface area (Å²) in [6.07, 6.45) is 2.29. The third kappa shape index (κ3) is 4.61. The fourth-order valence-corrected chi connectivity index (χ4v) is 1.74. The molecule has 94 valence electrons. The molecule has 0 aliphatic carbocycles. The van der Waals surface area contributed by atoms with Gasteiger partial charge in [-0.2, -0.15) is 0 Å². The molecule has 0 aliphatic heterocycles. The molecule has 0 heterocycles. The van der Waals surface area contributed by atoms with Crippen molar-refractivity contribution in [2.75, 3.05) is 11.9 Å². The zero-order valence-electron chi connectivity index (χ0n) is 11.1. The van der Waals surface area contributed by atoms with Crippen molar-refractivity contribution in [3.05, 3.63) is 42.1 Å². The Bertz CT molecular complexity index is 342. The Kier molecular flexibility index (Phi) is 5.78. The first-order valence-electron chi connectivity index (χ1n) is 6.31. The van der Waals surface area contributed by atoms with E-state index in [0.29, 0.717) is 0 Å². The molecule has 2 nitrogen and oxygen atoms in total. The summed E-state index contributed by atoms with van der Waals surface area (Å²) in [4.78, 5) is 0. The number of nitrogens with one attached hydrogen (secondary N) is 1. The number of benzene rings is 1. The fourth-order valence-electron chi connectivity index (χ4n) is 1.74. The van der Waals surface area contributed by atoms with E-state index in [1.165, 1.54) is 5.56 Å². The van der Waals surface area contributed by atoms with Crippen molar-refractivity contribution in [2.24, 2.45) is 0 Å². The van der Waals surface area contributed by atoms with Gasteiger partial charge in [0.1, 0.15) is 0 Å². The van der Waals surface area contributed by atoms with E-state index in [9.17, 15) is 0 Å². The fraction of sp³-hybridized carbons (Fsp3) is 0.467. The molecule has 1 unspecified atom stereocenters. The van der Waals surface area contributed by atoms with Crippen LogP contribution in [-0.4, -0.2) is 6.61 Å². The molecular weight excluding hydrogens is 210 g/mol. The lowest BCUT2D eigenvalue weighted by Crippen LogP contribution is -2.04. The first kappa shape index (κ1) is 13.8. The summed E-state index contributed by atoms with van der Waals surface area (Å²) in [7, 11) is 0. The van der Waals surface area contributed by atoms with Crippen molar-refractivity contribution in [3.8, 4) is 0 Å². The van der Waals surface area contributed by atoms with Crippen LogP contribution >= 0.6 is 0 Å². The first-order chi connectivity index (χ1) is 8.17. The summed E-state index contributed by atoms with van der Waals surface area (Å²) < 4.78 is 5.81. The minimum atomic E-state index is 0.217. The summed E-state index contributed by atoms with van der Waals surface area (Å²) in [6.45, 7) is 10.9. The van der Waals surface area contributed by atoms with Gasteiger partial charge in [0.15, 0.2) is 0 Å². The number of hydrogen-bond acceptors (Lipinski definition) is 2. The maximum absolute atomic E-state index is 5.81. The number of anilines is 1. The first-order valence-corrected chi connectivity index (χ1v) is 6.31. The van der Waals surface area contributed by atoms with Gasteiger partial charge in [-0.25, -0.2) is 0 Å². The summed E-state index contributed by atoms with van der Waals surface area (Å²) in [5.74, 6) is 0. The second-order valence-electron chi connectivity index (χ2n) is 4.30. The topological polar surface area (TPSA) is 21.3 Å². The molecule has 0 aliphatic rings. The summed E-state index contributed by atoms with van der Waals surface area (Å²) in [6, 6.07) is 8.38. The maximum Gasteiger partial charge on any atom is 0.0822 e. The van der Waals surface area contributed by atoms with Crippen LogP contribution in [0.15, 0.2) is 36.5 Å². The molecule has 0 amide bonds. The lowest BCUT2D eigenvalue weighted by molar-refractivity contribution is 0.0505. The average Bonchev–Trinajstić information content (AvgIpc) is 2.31. The highest BCUT2D eigenvalue weighted by molar-refractivity contribution is 5.48. The minimum Gasteiger partial charge on any atom is -0.374 e. The number of allylic oxidation sites excluding steroid dienone is 1. The monoisotopic (exact) mass is 233 g/mol. The molecule has 0 aromatic heterocycles. The van der Waals surface area contributed by atoms with Crippen LogP contribution in [0.4, 0.5) is 5.69 Å². The van der Waals surface area contributed by atoms with E-state index in [4.69, 9.17) is 4.74 Å². The molecule has 1 N–H and O–H groups in total. The van der Waals surface area contributed by atoms with Crippen molar-refractivity contribution >= 4 is 5.69 Å². The number of hydrogen-bond donors (Lipinski definition) is 1. The third-order valence-corrected chi connectivity index (χ3v) is 2.53. The van der Waals surface area contributed by atoms with E-state index in [1.54, 1.807) is 0 Å². The van der Waals surface area contributed by atoms with Crippen LogP contribution in [0.3, 0.4) is 0 Å². The molecule has 0 saturated heterocycles. The van der Waals surface area contributed by atoms with Crippen LogP contribution < -0.4 is 5.32 Å². The maximum atomic E-state index is 5.81. The van der Waals surface area contributed by atoms with Crippen molar-refractivity contribution in [1.82, 2.24) is 0 Å². The van der Waals surface area contributed by atoms with Crippen LogP contribution in [0.25, 0.3) is 0 Å². The minimum absolute atomic E-state index is 0.217. The Morgan fingerprint density at radius 2 is 1.94 bits per heavy atom. The molecule has 1 aromatic rings. The predicted molar refractivity (Wildman–Crippen MR) is 74.2 cm³/mol. The third-order valence-electron chi connectivity index (χ3n) is 2.53. The standard InChI is InChI=1S/C15H23NO/c1-5-11-17-15(6-2)13-7-9-14(10-8-13)16-12(3)4/h7-10,15-16H,3,5-6,11H2,1-2,4H3. The summed E-state index contributed by atoms with van der Waals surface area (Å²) >= 11 is 0. The Morgan fingerprint density at radius 3 is 2.41 bits per heavy atom. The van der Waals surface area contributed by atoms with Gasteiger partial charge in [-0.05, 0) is 37.5 Å². The molecular formula is C15H23NO. The van der Waals surface area contributed by atoms with Gasteiger partial charge in [-0.3, -0.25) is 0 Å². The van der Waals surface area contributed by atoms with E-state index in [0.717, 1.165) is 30.8 Å². The SMILES string of the molecule is C=C(C)Nc1ccc(C(CC)OCCC)cc1. The molecule has 0 bridgehead atoms. The van der Waals surface area contributed by atoms with Gasteiger partial charge in [-0.15, -0.1) is 0 Å².